The molecule has 0 amide bonds. The summed E-state index contributed by atoms with van der Waals surface area (Å²) in [5.41, 5.74) is 0. The number of hydrogen-bond donors (Lipinski definition) is 0. The Morgan fingerprint density at radius 1 is 1.31 bits per heavy atom. The third-order valence-electron chi connectivity index (χ3n) is 2.31. The van der Waals surface area contributed by atoms with Gasteiger partial charge in [0.2, 0.25) is 0 Å². The maximum absolute atomic E-state index is 10.9. The van der Waals surface area contributed by atoms with E-state index in [4.69, 9.17) is 4.74 Å². The Morgan fingerprint density at radius 2 is 2.00 bits per heavy atom. The second-order valence-electron chi connectivity index (χ2n) is 3.49. The van der Waals surface area contributed by atoms with Crippen LogP contribution in [0.2, 0.25) is 0 Å². The van der Waals surface area contributed by atoms with Crippen molar-refractivity contribution >= 4 is 5.78 Å². The second-order valence-corrected chi connectivity index (χ2v) is 3.49. The molecule has 3 nitrogen and oxygen atoms in total. The first-order valence-corrected chi connectivity index (χ1v) is 5.14. The van der Waals surface area contributed by atoms with Gasteiger partial charge in [-0.15, -0.1) is 0 Å². The van der Waals surface area contributed by atoms with Crippen molar-refractivity contribution < 1.29 is 9.53 Å². The molecule has 0 aliphatic carbocycles. The third kappa shape index (κ3) is 4.39. The molecule has 76 valence electrons. The summed E-state index contributed by atoms with van der Waals surface area (Å²) in [5.74, 6) is 0.408. The standard InChI is InChI=1S/C10H19NO2/c1-2-8-13-9-7-11-5-3-10(12)4-6-11/h2-9H2,1H3. The Morgan fingerprint density at radius 3 is 2.62 bits per heavy atom. The minimum atomic E-state index is 0.408. The lowest BCUT2D eigenvalue weighted by Crippen LogP contribution is -2.36. The van der Waals surface area contributed by atoms with Crippen LogP contribution in [0, 0.1) is 0 Å². The van der Waals surface area contributed by atoms with Crippen LogP contribution in [-0.4, -0.2) is 43.5 Å². The van der Waals surface area contributed by atoms with Crippen molar-refractivity contribution in [2.24, 2.45) is 0 Å². The van der Waals surface area contributed by atoms with Crippen LogP contribution >= 0.6 is 0 Å². The molecule has 0 aromatic rings. The molecule has 1 aliphatic rings. The Balaban J connectivity index is 1.99. The lowest BCUT2D eigenvalue weighted by Gasteiger charge is -2.25. The molecule has 0 bridgehead atoms. The molecule has 1 saturated heterocycles. The molecule has 1 fully saturated rings. The van der Waals surface area contributed by atoms with Gasteiger partial charge in [0.05, 0.1) is 6.61 Å². The van der Waals surface area contributed by atoms with E-state index >= 15 is 0 Å². The summed E-state index contributed by atoms with van der Waals surface area (Å²) >= 11 is 0. The zero-order valence-corrected chi connectivity index (χ0v) is 8.42. The van der Waals surface area contributed by atoms with Crippen LogP contribution < -0.4 is 0 Å². The van der Waals surface area contributed by atoms with Crippen LogP contribution in [0.3, 0.4) is 0 Å². The van der Waals surface area contributed by atoms with E-state index in [-0.39, 0.29) is 0 Å². The van der Waals surface area contributed by atoms with Crippen LogP contribution in [-0.2, 0) is 9.53 Å². The van der Waals surface area contributed by atoms with Crippen LogP contribution in [0.15, 0.2) is 0 Å². The molecule has 1 heterocycles. The van der Waals surface area contributed by atoms with E-state index in [1.807, 2.05) is 0 Å². The molecule has 0 unspecified atom stereocenters. The molecule has 1 rings (SSSR count). The van der Waals surface area contributed by atoms with E-state index in [1.54, 1.807) is 0 Å². The Kier molecular flexibility index (Phi) is 5.01. The van der Waals surface area contributed by atoms with Gasteiger partial charge in [-0.25, -0.2) is 0 Å². The van der Waals surface area contributed by atoms with Gasteiger partial charge in [-0.3, -0.25) is 4.79 Å². The lowest BCUT2D eigenvalue weighted by atomic mass is 10.1. The molecule has 0 N–H and O–H groups in total. The Hall–Kier alpha value is -0.410. The first-order valence-electron chi connectivity index (χ1n) is 5.14. The van der Waals surface area contributed by atoms with Gasteiger partial charge < -0.3 is 9.64 Å². The summed E-state index contributed by atoms with van der Waals surface area (Å²) in [6.45, 7) is 6.60. The SMILES string of the molecule is CCCOCCN1CCC(=O)CC1. The summed E-state index contributed by atoms with van der Waals surface area (Å²) < 4.78 is 5.39. The number of Topliss-reactive ketones (excluding diaryl/α,β-unsaturated/α-hetero) is 1. The fraction of sp³-hybridized carbons (Fsp3) is 0.900. The maximum atomic E-state index is 10.9. The van der Waals surface area contributed by atoms with Crippen molar-refractivity contribution in [3.8, 4) is 0 Å². The quantitative estimate of drug-likeness (QED) is 0.600. The van der Waals surface area contributed by atoms with Gasteiger partial charge in [0.25, 0.3) is 0 Å². The largest absolute Gasteiger partial charge is 0.380 e. The number of rotatable bonds is 5. The number of carbonyl (C=O) groups excluding carboxylic acids is 1. The van der Waals surface area contributed by atoms with Crippen molar-refractivity contribution in [2.45, 2.75) is 26.2 Å². The summed E-state index contributed by atoms with van der Waals surface area (Å²) in [4.78, 5) is 13.2. The first-order chi connectivity index (χ1) is 6.33. The molecule has 0 aromatic carbocycles. The normalized spacial score (nSPS) is 19.3. The molecule has 0 atom stereocenters. The van der Waals surface area contributed by atoms with E-state index in [0.29, 0.717) is 5.78 Å². The smallest absolute Gasteiger partial charge is 0.135 e. The van der Waals surface area contributed by atoms with E-state index in [1.165, 1.54) is 0 Å². The Labute approximate surface area is 80.1 Å². The van der Waals surface area contributed by atoms with Crippen molar-refractivity contribution in [2.75, 3.05) is 32.8 Å². The molecule has 0 aromatic heterocycles. The molecule has 3 heteroatoms. The molecular weight excluding hydrogens is 166 g/mol. The van der Waals surface area contributed by atoms with Crippen molar-refractivity contribution in [3.63, 3.8) is 0 Å². The van der Waals surface area contributed by atoms with E-state index in [9.17, 15) is 4.79 Å². The van der Waals surface area contributed by atoms with Gasteiger partial charge >= 0.3 is 0 Å². The van der Waals surface area contributed by atoms with Crippen LogP contribution in [0.4, 0.5) is 0 Å². The summed E-state index contributed by atoms with van der Waals surface area (Å²) in [6.07, 6.45) is 2.54. The molecule has 0 radical (unpaired) electrons. The summed E-state index contributed by atoms with van der Waals surface area (Å²) in [6, 6.07) is 0. The number of piperidine rings is 1. The van der Waals surface area contributed by atoms with Crippen LogP contribution in [0.5, 0.6) is 0 Å². The van der Waals surface area contributed by atoms with Crippen LogP contribution in [0.1, 0.15) is 26.2 Å². The summed E-state index contributed by atoms with van der Waals surface area (Å²) in [7, 11) is 0. The number of nitrogens with zero attached hydrogens (tertiary/aromatic N) is 1. The molecule has 0 spiro atoms. The van der Waals surface area contributed by atoms with Gasteiger partial charge in [-0.1, -0.05) is 6.92 Å². The van der Waals surface area contributed by atoms with Gasteiger partial charge in [0.15, 0.2) is 0 Å². The average molecular weight is 185 g/mol. The van der Waals surface area contributed by atoms with Crippen LogP contribution in [0.25, 0.3) is 0 Å². The van der Waals surface area contributed by atoms with Crippen molar-refractivity contribution in [1.82, 2.24) is 4.90 Å². The molecular formula is C10H19NO2. The lowest BCUT2D eigenvalue weighted by molar-refractivity contribution is -0.121. The Bertz CT molecular complexity index is 149. The highest BCUT2D eigenvalue weighted by Gasteiger charge is 2.14. The molecule has 1 aliphatic heterocycles. The highest BCUT2D eigenvalue weighted by Crippen LogP contribution is 2.04. The minimum absolute atomic E-state index is 0.408. The minimum Gasteiger partial charge on any atom is -0.380 e. The average Bonchev–Trinajstić information content (AvgIpc) is 2.15. The zero-order valence-electron chi connectivity index (χ0n) is 8.42. The van der Waals surface area contributed by atoms with E-state index in [0.717, 1.165) is 52.1 Å². The third-order valence-corrected chi connectivity index (χ3v) is 2.31. The highest BCUT2D eigenvalue weighted by atomic mass is 16.5. The zero-order chi connectivity index (χ0) is 9.52. The number of ketones is 1. The van der Waals surface area contributed by atoms with E-state index < -0.39 is 0 Å². The number of hydrogen-bond acceptors (Lipinski definition) is 3. The number of likely N-dealkylation sites (tertiary alicyclic amines) is 1. The van der Waals surface area contributed by atoms with E-state index in [2.05, 4.69) is 11.8 Å². The topological polar surface area (TPSA) is 29.5 Å². The molecule has 0 saturated carbocycles. The fourth-order valence-electron chi connectivity index (χ4n) is 1.47. The van der Waals surface area contributed by atoms with Crippen molar-refractivity contribution in [1.29, 1.82) is 0 Å². The monoisotopic (exact) mass is 185 g/mol. The van der Waals surface area contributed by atoms with Gasteiger partial charge in [-0.05, 0) is 6.42 Å². The predicted molar refractivity (Wildman–Crippen MR) is 51.8 cm³/mol. The molecule has 13 heavy (non-hydrogen) atoms. The van der Waals surface area contributed by atoms with Gasteiger partial charge in [0.1, 0.15) is 5.78 Å². The van der Waals surface area contributed by atoms with Gasteiger partial charge in [-0.2, -0.15) is 0 Å². The maximum Gasteiger partial charge on any atom is 0.135 e. The second kappa shape index (κ2) is 6.11. The number of ether oxygens (including phenoxy) is 1. The number of carbonyl (C=O) groups is 1. The fourth-order valence-corrected chi connectivity index (χ4v) is 1.47. The summed E-state index contributed by atoms with van der Waals surface area (Å²) in [5, 5.41) is 0. The highest BCUT2D eigenvalue weighted by molar-refractivity contribution is 5.79. The van der Waals surface area contributed by atoms with Gasteiger partial charge in [0, 0.05) is 39.1 Å². The first kappa shape index (κ1) is 10.7. The predicted octanol–water partition coefficient (Wildman–Crippen LogP) is 1.08. The van der Waals surface area contributed by atoms with Crippen molar-refractivity contribution in [3.05, 3.63) is 0 Å².